The van der Waals surface area contributed by atoms with Gasteiger partial charge in [-0.15, -0.1) is 0 Å². The van der Waals surface area contributed by atoms with Gasteiger partial charge in [0, 0.05) is 40.0 Å². The molecule has 2 fully saturated rings. The monoisotopic (exact) mass is 243 g/mol. The molecule has 1 unspecified atom stereocenters. The summed E-state index contributed by atoms with van der Waals surface area (Å²) in [5.74, 6) is 0. The van der Waals surface area contributed by atoms with E-state index in [1.807, 2.05) is 7.11 Å². The zero-order chi connectivity index (χ0) is 12.3. The lowest BCUT2D eigenvalue weighted by atomic mass is 9.99. The summed E-state index contributed by atoms with van der Waals surface area (Å²) in [6.07, 6.45) is 5.64. The second-order valence-corrected chi connectivity index (χ2v) is 5.22. The molecule has 0 N–H and O–H groups in total. The molecule has 4 atom stereocenters. The summed E-state index contributed by atoms with van der Waals surface area (Å²) in [6, 6.07) is 1.38. The molecule has 0 aromatic heterocycles. The standard InChI is InChI=1S/C13H25NO3/c1-15-9-13(17-3)8-14-10-4-5-11(14)7-12(6-10)16-2/h10-13H,4-9H2,1-3H3/t10-,11+,12-,13?. The highest BCUT2D eigenvalue weighted by Gasteiger charge is 2.41. The average Bonchev–Trinajstić information content (AvgIpc) is 2.60. The van der Waals surface area contributed by atoms with Crippen LogP contribution in [0.2, 0.25) is 0 Å². The molecule has 0 aromatic carbocycles. The Kier molecular flexibility index (Phi) is 4.79. The van der Waals surface area contributed by atoms with E-state index >= 15 is 0 Å². The van der Waals surface area contributed by atoms with Gasteiger partial charge in [-0.25, -0.2) is 0 Å². The Morgan fingerprint density at radius 2 is 1.76 bits per heavy atom. The van der Waals surface area contributed by atoms with E-state index in [4.69, 9.17) is 14.2 Å². The van der Waals surface area contributed by atoms with Gasteiger partial charge in [0.2, 0.25) is 0 Å². The fourth-order valence-electron chi connectivity index (χ4n) is 3.33. The fourth-order valence-corrected chi connectivity index (χ4v) is 3.33. The summed E-state index contributed by atoms with van der Waals surface area (Å²) in [6.45, 7) is 1.68. The molecule has 0 amide bonds. The Morgan fingerprint density at radius 1 is 1.12 bits per heavy atom. The predicted molar refractivity (Wildman–Crippen MR) is 66.2 cm³/mol. The highest BCUT2D eigenvalue weighted by molar-refractivity contribution is 4.96. The van der Waals surface area contributed by atoms with Gasteiger partial charge in [-0.2, -0.15) is 0 Å². The van der Waals surface area contributed by atoms with Crippen molar-refractivity contribution in [3.8, 4) is 0 Å². The minimum Gasteiger partial charge on any atom is -0.382 e. The van der Waals surface area contributed by atoms with Crippen molar-refractivity contribution in [1.82, 2.24) is 4.90 Å². The highest BCUT2D eigenvalue weighted by Crippen LogP contribution is 2.36. The smallest absolute Gasteiger partial charge is 0.0931 e. The van der Waals surface area contributed by atoms with Crippen molar-refractivity contribution in [2.75, 3.05) is 34.5 Å². The summed E-state index contributed by atoms with van der Waals surface area (Å²) < 4.78 is 16.2. The van der Waals surface area contributed by atoms with E-state index in [0.29, 0.717) is 24.8 Å². The van der Waals surface area contributed by atoms with Gasteiger partial charge in [-0.05, 0) is 25.7 Å². The number of nitrogens with zero attached hydrogens (tertiary/aromatic N) is 1. The van der Waals surface area contributed by atoms with Crippen LogP contribution in [0.5, 0.6) is 0 Å². The van der Waals surface area contributed by atoms with Crippen LogP contribution >= 0.6 is 0 Å². The lowest BCUT2D eigenvalue weighted by Gasteiger charge is -2.39. The van der Waals surface area contributed by atoms with Crippen LogP contribution in [-0.2, 0) is 14.2 Å². The van der Waals surface area contributed by atoms with Gasteiger partial charge >= 0.3 is 0 Å². The molecular formula is C13H25NO3. The first-order valence-corrected chi connectivity index (χ1v) is 6.58. The van der Waals surface area contributed by atoms with Gasteiger partial charge in [0.25, 0.3) is 0 Å². The van der Waals surface area contributed by atoms with Gasteiger partial charge in [-0.3, -0.25) is 4.90 Å². The molecule has 2 rings (SSSR count). The van der Waals surface area contributed by atoms with Crippen molar-refractivity contribution in [2.45, 2.75) is 50.0 Å². The van der Waals surface area contributed by atoms with Crippen LogP contribution in [0.1, 0.15) is 25.7 Å². The SMILES string of the molecule is COCC(CN1[C@@H]2CC[C@H]1C[C@H](OC)C2)OC. The Morgan fingerprint density at radius 3 is 2.24 bits per heavy atom. The molecule has 0 spiro atoms. The van der Waals surface area contributed by atoms with E-state index in [0.717, 1.165) is 6.54 Å². The molecule has 0 radical (unpaired) electrons. The molecule has 0 saturated carbocycles. The quantitative estimate of drug-likeness (QED) is 0.703. The maximum absolute atomic E-state index is 5.52. The van der Waals surface area contributed by atoms with Crippen molar-refractivity contribution < 1.29 is 14.2 Å². The van der Waals surface area contributed by atoms with Gasteiger partial charge in [-0.1, -0.05) is 0 Å². The van der Waals surface area contributed by atoms with E-state index in [1.165, 1.54) is 25.7 Å². The number of methoxy groups -OCH3 is 3. The molecule has 2 saturated heterocycles. The van der Waals surface area contributed by atoms with Crippen LogP contribution in [-0.4, -0.2) is 63.7 Å². The van der Waals surface area contributed by atoms with E-state index < -0.39 is 0 Å². The minimum atomic E-state index is 0.196. The molecule has 2 aliphatic heterocycles. The first-order valence-electron chi connectivity index (χ1n) is 6.58. The van der Waals surface area contributed by atoms with Gasteiger partial charge in [0.1, 0.15) is 0 Å². The zero-order valence-corrected chi connectivity index (χ0v) is 11.2. The van der Waals surface area contributed by atoms with Crippen molar-refractivity contribution in [3.63, 3.8) is 0 Å². The third-order valence-electron chi connectivity index (χ3n) is 4.27. The molecular weight excluding hydrogens is 218 g/mol. The minimum absolute atomic E-state index is 0.196. The lowest BCUT2D eigenvalue weighted by molar-refractivity contribution is -0.0376. The number of fused-ring (bicyclic) bond motifs is 2. The second-order valence-electron chi connectivity index (χ2n) is 5.22. The van der Waals surface area contributed by atoms with Crippen LogP contribution in [0.3, 0.4) is 0 Å². The normalized spacial score (nSPS) is 35.1. The largest absolute Gasteiger partial charge is 0.382 e. The van der Waals surface area contributed by atoms with E-state index in [1.54, 1.807) is 14.2 Å². The predicted octanol–water partition coefficient (Wildman–Crippen LogP) is 1.29. The van der Waals surface area contributed by atoms with Crippen LogP contribution in [0, 0.1) is 0 Å². The lowest BCUT2D eigenvalue weighted by Crippen LogP contribution is -2.49. The van der Waals surface area contributed by atoms with Gasteiger partial charge in [0.05, 0.1) is 18.8 Å². The van der Waals surface area contributed by atoms with Crippen LogP contribution in [0.25, 0.3) is 0 Å². The first-order chi connectivity index (χ1) is 8.28. The third-order valence-corrected chi connectivity index (χ3v) is 4.27. The maximum atomic E-state index is 5.52. The molecule has 2 heterocycles. The molecule has 2 bridgehead atoms. The third kappa shape index (κ3) is 2.99. The van der Waals surface area contributed by atoms with Gasteiger partial charge < -0.3 is 14.2 Å². The number of hydrogen-bond donors (Lipinski definition) is 0. The first kappa shape index (κ1) is 13.3. The second kappa shape index (κ2) is 6.14. The summed E-state index contributed by atoms with van der Waals surface area (Å²) in [4.78, 5) is 2.61. The highest BCUT2D eigenvalue weighted by atomic mass is 16.5. The summed E-state index contributed by atoms with van der Waals surface area (Å²) >= 11 is 0. The average molecular weight is 243 g/mol. The number of hydrogen-bond acceptors (Lipinski definition) is 4. The number of ether oxygens (including phenoxy) is 3. The summed E-state index contributed by atoms with van der Waals surface area (Å²) in [5, 5.41) is 0. The zero-order valence-electron chi connectivity index (χ0n) is 11.2. The topological polar surface area (TPSA) is 30.9 Å². The summed E-state index contributed by atoms with van der Waals surface area (Å²) in [7, 11) is 5.34. The van der Waals surface area contributed by atoms with Crippen LogP contribution in [0.4, 0.5) is 0 Å². The Balaban J connectivity index is 1.90. The molecule has 2 aliphatic rings. The number of rotatable bonds is 6. The molecule has 0 aromatic rings. The van der Waals surface area contributed by atoms with Crippen molar-refractivity contribution in [2.24, 2.45) is 0 Å². The molecule has 100 valence electrons. The van der Waals surface area contributed by atoms with E-state index in [9.17, 15) is 0 Å². The Hall–Kier alpha value is -0.160. The van der Waals surface area contributed by atoms with Crippen LogP contribution in [0.15, 0.2) is 0 Å². The van der Waals surface area contributed by atoms with Crippen molar-refractivity contribution in [3.05, 3.63) is 0 Å². The van der Waals surface area contributed by atoms with E-state index in [2.05, 4.69) is 4.90 Å². The molecule has 17 heavy (non-hydrogen) atoms. The van der Waals surface area contributed by atoms with Crippen molar-refractivity contribution >= 4 is 0 Å². The number of piperidine rings is 1. The molecule has 4 nitrogen and oxygen atoms in total. The van der Waals surface area contributed by atoms with Crippen LogP contribution < -0.4 is 0 Å². The van der Waals surface area contributed by atoms with E-state index in [-0.39, 0.29) is 6.10 Å². The van der Waals surface area contributed by atoms with Gasteiger partial charge in [0.15, 0.2) is 0 Å². The molecule has 4 heteroatoms. The van der Waals surface area contributed by atoms with Crippen molar-refractivity contribution in [1.29, 1.82) is 0 Å². The summed E-state index contributed by atoms with van der Waals surface area (Å²) in [5.41, 5.74) is 0. The maximum Gasteiger partial charge on any atom is 0.0931 e. The fraction of sp³-hybridized carbons (Fsp3) is 1.00. The molecule has 0 aliphatic carbocycles. The Labute approximate surface area is 104 Å². The Bertz CT molecular complexity index is 223.